The van der Waals surface area contributed by atoms with Gasteiger partial charge in [0.25, 0.3) is 0 Å². The summed E-state index contributed by atoms with van der Waals surface area (Å²) in [4.78, 5) is 14.4. The predicted octanol–water partition coefficient (Wildman–Crippen LogP) is 2.22. The molecule has 0 saturated carbocycles. The number of carbonyl (C=O) groups is 1. The van der Waals surface area contributed by atoms with Crippen molar-refractivity contribution in [3.05, 3.63) is 24.3 Å². The van der Waals surface area contributed by atoms with Crippen molar-refractivity contribution in [1.82, 2.24) is 19.7 Å². The van der Waals surface area contributed by atoms with Crippen LogP contribution in [0.5, 0.6) is 5.75 Å². The van der Waals surface area contributed by atoms with E-state index in [1.54, 1.807) is 7.11 Å². The molecule has 0 bridgehead atoms. The van der Waals surface area contributed by atoms with Crippen molar-refractivity contribution in [3.63, 3.8) is 0 Å². The molecule has 1 fully saturated rings. The van der Waals surface area contributed by atoms with Gasteiger partial charge in [-0.1, -0.05) is 23.9 Å². The van der Waals surface area contributed by atoms with Crippen LogP contribution in [0.15, 0.2) is 29.4 Å². The summed E-state index contributed by atoms with van der Waals surface area (Å²) in [7, 11) is 3.54. The number of morpholine rings is 1. The standard InChI is InChI=1S/C18H24N4O3S/c1-12-9-22(10-13(2)25-12)16(23)11-26-18-20-19-17(21(18)3)14-6-5-7-15(8-14)24-4/h5-8,12-13H,9-11H2,1-4H3/t12-,13-/m1/s1. The molecule has 0 radical (unpaired) electrons. The number of amides is 1. The summed E-state index contributed by atoms with van der Waals surface area (Å²) in [5.74, 6) is 1.95. The van der Waals surface area contributed by atoms with Gasteiger partial charge in [-0.15, -0.1) is 10.2 Å². The number of aromatic nitrogens is 3. The number of ether oxygens (including phenoxy) is 2. The zero-order chi connectivity index (χ0) is 18.7. The van der Waals surface area contributed by atoms with E-state index in [-0.39, 0.29) is 18.1 Å². The Kier molecular flexibility index (Phi) is 5.83. The molecule has 2 aromatic rings. The Bertz CT molecular complexity index is 770. The Labute approximate surface area is 157 Å². The van der Waals surface area contributed by atoms with Gasteiger partial charge in [0.2, 0.25) is 5.91 Å². The quantitative estimate of drug-likeness (QED) is 0.746. The normalized spacial score (nSPS) is 20.2. The summed E-state index contributed by atoms with van der Waals surface area (Å²) < 4.78 is 12.8. The Hall–Kier alpha value is -2.06. The van der Waals surface area contributed by atoms with Crippen molar-refractivity contribution in [2.75, 3.05) is 26.0 Å². The average molecular weight is 376 g/mol. The largest absolute Gasteiger partial charge is 0.497 e. The molecule has 0 unspecified atom stereocenters. The minimum atomic E-state index is 0.0715. The maximum absolute atomic E-state index is 12.5. The number of methoxy groups -OCH3 is 1. The first-order valence-corrected chi connectivity index (χ1v) is 9.56. The van der Waals surface area contributed by atoms with Crippen LogP contribution in [0.2, 0.25) is 0 Å². The number of benzene rings is 1. The first-order chi connectivity index (χ1) is 12.5. The molecule has 1 aliphatic rings. The molecule has 1 aromatic carbocycles. The van der Waals surface area contributed by atoms with Crippen LogP contribution in [0.3, 0.4) is 0 Å². The molecule has 1 saturated heterocycles. The monoisotopic (exact) mass is 376 g/mol. The number of thioether (sulfide) groups is 1. The number of hydrogen-bond acceptors (Lipinski definition) is 6. The van der Waals surface area contributed by atoms with Crippen LogP contribution in [0.1, 0.15) is 13.8 Å². The Morgan fingerprint density at radius 3 is 2.73 bits per heavy atom. The highest BCUT2D eigenvalue weighted by Crippen LogP contribution is 2.25. The molecule has 0 aliphatic carbocycles. The van der Waals surface area contributed by atoms with Gasteiger partial charge < -0.3 is 18.9 Å². The van der Waals surface area contributed by atoms with Crippen LogP contribution in [0, 0.1) is 0 Å². The van der Waals surface area contributed by atoms with Gasteiger partial charge in [0.1, 0.15) is 5.75 Å². The summed E-state index contributed by atoms with van der Waals surface area (Å²) in [5, 5.41) is 9.22. The van der Waals surface area contributed by atoms with Gasteiger partial charge in [-0.3, -0.25) is 4.79 Å². The second-order valence-corrected chi connectivity index (χ2v) is 7.38. The smallest absolute Gasteiger partial charge is 0.233 e. The molecule has 140 valence electrons. The minimum Gasteiger partial charge on any atom is -0.497 e. The fourth-order valence-corrected chi connectivity index (χ4v) is 3.87. The number of hydrogen-bond donors (Lipinski definition) is 0. The molecular formula is C18H24N4O3S. The molecule has 2 atom stereocenters. The van der Waals surface area contributed by atoms with Crippen LogP contribution in [-0.4, -0.2) is 63.7 Å². The summed E-state index contributed by atoms with van der Waals surface area (Å²) in [6.45, 7) is 5.26. The highest BCUT2D eigenvalue weighted by molar-refractivity contribution is 7.99. The minimum absolute atomic E-state index is 0.0715. The zero-order valence-electron chi connectivity index (χ0n) is 15.5. The van der Waals surface area contributed by atoms with Gasteiger partial charge in [0.05, 0.1) is 25.1 Å². The lowest BCUT2D eigenvalue weighted by Crippen LogP contribution is -2.48. The van der Waals surface area contributed by atoms with Crippen LogP contribution < -0.4 is 4.74 Å². The maximum Gasteiger partial charge on any atom is 0.233 e. The van der Waals surface area contributed by atoms with E-state index in [1.165, 1.54) is 11.8 Å². The molecule has 7 nitrogen and oxygen atoms in total. The van der Waals surface area contributed by atoms with Crippen molar-refractivity contribution in [3.8, 4) is 17.1 Å². The van der Waals surface area contributed by atoms with Gasteiger partial charge in [-0.2, -0.15) is 0 Å². The number of nitrogens with zero attached hydrogens (tertiary/aromatic N) is 4. The fraction of sp³-hybridized carbons (Fsp3) is 0.500. The van der Waals surface area contributed by atoms with E-state index >= 15 is 0 Å². The third kappa shape index (κ3) is 4.19. The van der Waals surface area contributed by atoms with Crippen molar-refractivity contribution >= 4 is 17.7 Å². The van der Waals surface area contributed by atoms with Gasteiger partial charge >= 0.3 is 0 Å². The second kappa shape index (κ2) is 8.09. The van der Waals surface area contributed by atoms with E-state index in [0.29, 0.717) is 24.0 Å². The molecule has 0 spiro atoms. The lowest BCUT2D eigenvalue weighted by atomic mass is 10.2. The SMILES string of the molecule is COc1cccc(-c2nnc(SCC(=O)N3C[C@@H](C)O[C@H](C)C3)n2C)c1. The maximum atomic E-state index is 12.5. The molecule has 2 heterocycles. The lowest BCUT2D eigenvalue weighted by Gasteiger charge is -2.35. The average Bonchev–Trinajstić information content (AvgIpc) is 2.99. The summed E-state index contributed by atoms with van der Waals surface area (Å²) in [6, 6.07) is 7.68. The Morgan fingerprint density at radius 1 is 1.31 bits per heavy atom. The van der Waals surface area contributed by atoms with Crippen molar-refractivity contribution in [1.29, 1.82) is 0 Å². The van der Waals surface area contributed by atoms with E-state index in [1.807, 2.05) is 54.6 Å². The molecule has 1 aliphatic heterocycles. The lowest BCUT2D eigenvalue weighted by molar-refractivity contribution is -0.140. The van der Waals surface area contributed by atoms with Crippen LogP contribution in [0.4, 0.5) is 0 Å². The van der Waals surface area contributed by atoms with E-state index in [2.05, 4.69) is 10.2 Å². The molecule has 26 heavy (non-hydrogen) atoms. The Morgan fingerprint density at radius 2 is 2.04 bits per heavy atom. The zero-order valence-corrected chi connectivity index (χ0v) is 16.3. The van der Waals surface area contributed by atoms with Gasteiger partial charge in [-0.05, 0) is 26.0 Å². The Balaban J connectivity index is 1.66. The summed E-state index contributed by atoms with van der Waals surface area (Å²) >= 11 is 1.40. The van der Waals surface area contributed by atoms with Crippen LogP contribution in [0.25, 0.3) is 11.4 Å². The molecular weight excluding hydrogens is 352 g/mol. The van der Waals surface area contributed by atoms with E-state index in [9.17, 15) is 4.79 Å². The van der Waals surface area contributed by atoms with E-state index < -0.39 is 0 Å². The summed E-state index contributed by atoms with van der Waals surface area (Å²) in [5.41, 5.74) is 0.924. The van der Waals surface area contributed by atoms with Gasteiger partial charge in [-0.25, -0.2) is 0 Å². The van der Waals surface area contributed by atoms with Crippen molar-refractivity contribution in [2.24, 2.45) is 7.05 Å². The number of carbonyl (C=O) groups excluding carboxylic acids is 1. The van der Waals surface area contributed by atoms with E-state index in [4.69, 9.17) is 9.47 Å². The summed E-state index contributed by atoms with van der Waals surface area (Å²) in [6.07, 6.45) is 0.143. The first-order valence-electron chi connectivity index (χ1n) is 8.57. The van der Waals surface area contributed by atoms with Gasteiger partial charge in [0, 0.05) is 25.7 Å². The molecule has 3 rings (SSSR count). The molecule has 1 aromatic heterocycles. The third-order valence-corrected chi connectivity index (χ3v) is 5.26. The van der Waals surface area contributed by atoms with Crippen LogP contribution in [-0.2, 0) is 16.6 Å². The van der Waals surface area contributed by atoms with Crippen molar-refractivity contribution in [2.45, 2.75) is 31.2 Å². The molecule has 8 heteroatoms. The fourth-order valence-electron chi connectivity index (χ4n) is 3.05. The highest BCUT2D eigenvalue weighted by Gasteiger charge is 2.26. The van der Waals surface area contributed by atoms with Crippen LogP contribution >= 0.6 is 11.8 Å². The highest BCUT2D eigenvalue weighted by atomic mass is 32.2. The molecule has 1 amide bonds. The molecule has 0 N–H and O–H groups in total. The second-order valence-electron chi connectivity index (χ2n) is 6.44. The third-order valence-electron chi connectivity index (χ3n) is 4.26. The van der Waals surface area contributed by atoms with Gasteiger partial charge in [0.15, 0.2) is 11.0 Å². The van der Waals surface area contributed by atoms with Crippen molar-refractivity contribution < 1.29 is 14.3 Å². The topological polar surface area (TPSA) is 69.5 Å². The first kappa shape index (κ1) is 18.7. The predicted molar refractivity (Wildman–Crippen MR) is 100 cm³/mol. The van der Waals surface area contributed by atoms with E-state index in [0.717, 1.165) is 17.1 Å². The number of rotatable bonds is 5.